The van der Waals surface area contributed by atoms with Crippen LogP contribution in [0.5, 0.6) is 5.75 Å². The Kier molecular flexibility index (Phi) is 6.16. The molecule has 1 fully saturated rings. The minimum Gasteiger partial charge on any atom is -0.489 e. The number of nitrogen functional groups attached to an aromatic ring is 1. The lowest BCUT2D eigenvalue weighted by Gasteiger charge is -2.27. The van der Waals surface area contributed by atoms with Crippen molar-refractivity contribution in [2.24, 2.45) is 5.92 Å². The number of hydrogen-bond donors (Lipinski definition) is 2. The number of fused-ring (bicyclic) bond motifs is 1. The molecule has 7 nitrogen and oxygen atoms in total. The first-order chi connectivity index (χ1) is 16.6. The molecule has 0 aliphatic heterocycles. The first-order valence-corrected chi connectivity index (χ1v) is 11.7. The second kappa shape index (κ2) is 9.55. The zero-order valence-corrected chi connectivity index (χ0v) is 19.3. The largest absolute Gasteiger partial charge is 0.489 e. The molecule has 3 N–H and O–H groups in total. The fourth-order valence-corrected chi connectivity index (χ4v) is 4.91. The number of rotatable bonds is 6. The molecule has 0 radical (unpaired) electrons. The molecule has 1 aliphatic carbocycles. The van der Waals surface area contributed by atoms with Crippen LogP contribution in [0.25, 0.3) is 16.8 Å². The number of ether oxygens (including phenoxy) is 1. The van der Waals surface area contributed by atoms with Crippen LogP contribution < -0.4 is 15.8 Å². The van der Waals surface area contributed by atoms with Gasteiger partial charge in [0.15, 0.2) is 0 Å². The van der Waals surface area contributed by atoms with Crippen molar-refractivity contribution in [2.75, 3.05) is 12.8 Å². The van der Waals surface area contributed by atoms with Crippen LogP contribution in [0.3, 0.4) is 0 Å². The van der Waals surface area contributed by atoms with Gasteiger partial charge in [-0.05, 0) is 37.0 Å². The van der Waals surface area contributed by atoms with E-state index in [0.29, 0.717) is 12.4 Å². The summed E-state index contributed by atoms with van der Waals surface area (Å²) in [6.07, 6.45) is 7.10. The lowest BCUT2D eigenvalue weighted by atomic mass is 9.80. The number of imidazole rings is 1. The molecule has 1 saturated carbocycles. The molecule has 1 aliphatic rings. The number of aromatic nitrogens is 3. The van der Waals surface area contributed by atoms with Gasteiger partial charge in [0.05, 0.1) is 23.6 Å². The molecule has 2 heterocycles. The highest BCUT2D eigenvalue weighted by Crippen LogP contribution is 2.39. The van der Waals surface area contributed by atoms with E-state index in [2.05, 4.69) is 10.3 Å². The van der Waals surface area contributed by atoms with Gasteiger partial charge in [-0.1, -0.05) is 48.9 Å². The maximum atomic E-state index is 12.3. The van der Waals surface area contributed by atoms with E-state index in [9.17, 15) is 4.79 Å². The number of benzene rings is 2. The van der Waals surface area contributed by atoms with Gasteiger partial charge in [0.2, 0.25) is 5.91 Å². The van der Waals surface area contributed by atoms with Gasteiger partial charge < -0.3 is 15.8 Å². The van der Waals surface area contributed by atoms with Crippen molar-refractivity contribution in [3.63, 3.8) is 0 Å². The summed E-state index contributed by atoms with van der Waals surface area (Å²) in [6.45, 7) is 0.497. The van der Waals surface area contributed by atoms with E-state index in [1.807, 2.05) is 59.0 Å². The molecule has 0 bridgehead atoms. The molecule has 2 aromatic carbocycles. The third kappa shape index (κ3) is 4.33. The number of anilines is 1. The van der Waals surface area contributed by atoms with E-state index in [1.165, 1.54) is 0 Å². The second-order valence-corrected chi connectivity index (χ2v) is 8.85. The van der Waals surface area contributed by atoms with Gasteiger partial charge in [0, 0.05) is 24.4 Å². The van der Waals surface area contributed by atoms with Gasteiger partial charge in [-0.15, -0.1) is 0 Å². The van der Waals surface area contributed by atoms with Crippen molar-refractivity contribution in [3.8, 4) is 17.0 Å². The highest BCUT2D eigenvalue weighted by atomic mass is 16.5. The van der Waals surface area contributed by atoms with Crippen molar-refractivity contribution < 1.29 is 9.53 Å². The summed E-state index contributed by atoms with van der Waals surface area (Å²) in [5.74, 6) is 2.47. The monoisotopic (exact) mass is 455 g/mol. The van der Waals surface area contributed by atoms with Crippen molar-refractivity contribution in [3.05, 3.63) is 78.4 Å². The van der Waals surface area contributed by atoms with Crippen molar-refractivity contribution in [2.45, 2.75) is 38.2 Å². The highest BCUT2D eigenvalue weighted by molar-refractivity contribution is 5.80. The minimum absolute atomic E-state index is 0.00248. The molecule has 4 aromatic rings. The van der Waals surface area contributed by atoms with Gasteiger partial charge in [-0.2, -0.15) is 0 Å². The first-order valence-electron chi connectivity index (χ1n) is 11.7. The lowest BCUT2D eigenvalue weighted by Crippen LogP contribution is -2.31. The zero-order valence-electron chi connectivity index (χ0n) is 19.3. The van der Waals surface area contributed by atoms with Gasteiger partial charge in [0.25, 0.3) is 0 Å². The molecule has 7 heteroatoms. The van der Waals surface area contributed by atoms with Crippen LogP contribution in [0, 0.1) is 5.92 Å². The zero-order chi connectivity index (χ0) is 23.5. The Bertz CT molecular complexity index is 1300. The van der Waals surface area contributed by atoms with E-state index in [-0.39, 0.29) is 17.7 Å². The van der Waals surface area contributed by atoms with Gasteiger partial charge in [-0.3, -0.25) is 14.2 Å². The number of carbonyl (C=O) groups excluding carboxylic acids is 1. The summed E-state index contributed by atoms with van der Waals surface area (Å²) in [6, 6.07) is 18.1. The third-order valence-electron chi connectivity index (χ3n) is 6.61. The van der Waals surface area contributed by atoms with Crippen LogP contribution in [-0.2, 0) is 11.4 Å². The summed E-state index contributed by atoms with van der Waals surface area (Å²) in [7, 11) is 1.70. The number of nitrogens with two attached hydrogens (primary N) is 1. The molecule has 34 heavy (non-hydrogen) atoms. The van der Waals surface area contributed by atoms with Crippen LogP contribution in [0.1, 0.15) is 43.0 Å². The molecule has 0 saturated heterocycles. The fraction of sp³-hybridized carbons (Fsp3) is 0.296. The Morgan fingerprint density at radius 1 is 1.15 bits per heavy atom. The van der Waals surface area contributed by atoms with E-state index in [4.69, 9.17) is 15.5 Å². The molecule has 2 atom stereocenters. The Hall–Kier alpha value is -3.87. The molecule has 2 aromatic heterocycles. The van der Waals surface area contributed by atoms with E-state index >= 15 is 0 Å². The van der Waals surface area contributed by atoms with Crippen LogP contribution >= 0.6 is 0 Å². The van der Waals surface area contributed by atoms with Gasteiger partial charge in [-0.25, -0.2) is 4.98 Å². The average Bonchev–Trinajstić information content (AvgIpc) is 3.29. The smallest absolute Gasteiger partial charge is 0.222 e. The highest BCUT2D eigenvalue weighted by Gasteiger charge is 2.31. The van der Waals surface area contributed by atoms with Crippen LogP contribution in [0.2, 0.25) is 0 Å². The topological polar surface area (TPSA) is 94.5 Å². The standard InChI is InChI=1S/C27H29N5O2/c1-29-27(33)21-11-5-10-20(13-21)26-31-25(23-15-30-16-24(28)32(23)26)19-9-6-12-22(14-19)34-17-18-7-3-2-4-8-18/h2-4,6-9,12,14-16,20-21H,5,10-11,13,17,28H2,1H3,(H,29,33). The average molecular weight is 456 g/mol. The van der Waals surface area contributed by atoms with Crippen molar-refractivity contribution in [1.29, 1.82) is 0 Å². The quantitative estimate of drug-likeness (QED) is 0.444. The summed E-state index contributed by atoms with van der Waals surface area (Å²) >= 11 is 0. The molecule has 1 amide bonds. The number of hydrogen-bond acceptors (Lipinski definition) is 5. The summed E-state index contributed by atoms with van der Waals surface area (Å²) in [4.78, 5) is 21.7. The maximum absolute atomic E-state index is 12.3. The molecule has 0 spiro atoms. The van der Waals surface area contributed by atoms with Crippen molar-refractivity contribution in [1.82, 2.24) is 19.7 Å². The van der Waals surface area contributed by atoms with Gasteiger partial charge >= 0.3 is 0 Å². The molecular formula is C27H29N5O2. The number of carbonyl (C=O) groups is 1. The Morgan fingerprint density at radius 2 is 2.00 bits per heavy atom. The number of amides is 1. The molecule has 5 rings (SSSR count). The Balaban J connectivity index is 1.49. The fourth-order valence-electron chi connectivity index (χ4n) is 4.91. The predicted octanol–water partition coefficient (Wildman–Crippen LogP) is 4.58. The molecule has 2 unspecified atom stereocenters. The molecule has 174 valence electrons. The maximum Gasteiger partial charge on any atom is 0.222 e. The van der Waals surface area contributed by atoms with Gasteiger partial charge in [0.1, 0.15) is 24.0 Å². The summed E-state index contributed by atoms with van der Waals surface area (Å²) in [5.41, 5.74) is 10.1. The van der Waals surface area contributed by atoms with Crippen molar-refractivity contribution >= 4 is 17.2 Å². The number of nitrogens with zero attached hydrogens (tertiary/aromatic N) is 3. The van der Waals surface area contributed by atoms with E-state index in [1.54, 1.807) is 19.4 Å². The normalized spacial score (nSPS) is 18.0. The van der Waals surface area contributed by atoms with E-state index in [0.717, 1.165) is 59.6 Å². The third-order valence-corrected chi connectivity index (χ3v) is 6.61. The van der Waals surface area contributed by atoms with Crippen LogP contribution in [0.15, 0.2) is 67.0 Å². The van der Waals surface area contributed by atoms with Crippen LogP contribution in [0.4, 0.5) is 5.82 Å². The van der Waals surface area contributed by atoms with E-state index < -0.39 is 0 Å². The number of nitrogens with one attached hydrogen (secondary N) is 1. The first kappa shape index (κ1) is 21.9. The lowest BCUT2D eigenvalue weighted by molar-refractivity contribution is -0.125. The minimum atomic E-state index is -0.00248. The Morgan fingerprint density at radius 3 is 2.82 bits per heavy atom. The second-order valence-electron chi connectivity index (χ2n) is 8.85. The molecular weight excluding hydrogens is 426 g/mol. The predicted molar refractivity (Wildman–Crippen MR) is 132 cm³/mol. The summed E-state index contributed by atoms with van der Waals surface area (Å²) < 4.78 is 8.04. The Labute approximate surface area is 199 Å². The SMILES string of the molecule is CNC(=O)C1CCCC(c2nc(-c3cccc(OCc4ccccc4)c3)c3cncc(N)n23)C1. The summed E-state index contributed by atoms with van der Waals surface area (Å²) in [5, 5.41) is 2.80. The van der Waals surface area contributed by atoms with Crippen LogP contribution in [-0.4, -0.2) is 27.3 Å².